The molecule has 1 fully saturated rings. The number of aromatic hydroxyl groups is 4. The van der Waals surface area contributed by atoms with Gasteiger partial charge >= 0.3 is 0 Å². The van der Waals surface area contributed by atoms with Crippen LogP contribution in [0, 0.1) is 0 Å². The van der Waals surface area contributed by atoms with Crippen LogP contribution in [0.15, 0.2) is 39.5 Å². The van der Waals surface area contributed by atoms with Gasteiger partial charge in [-0.1, -0.05) is 0 Å². The fourth-order valence-corrected chi connectivity index (χ4v) is 3.46. The lowest BCUT2D eigenvalue weighted by Crippen LogP contribution is -2.58. The molecule has 1 aliphatic rings. The molecule has 0 spiro atoms. The Morgan fingerprint density at radius 2 is 1.59 bits per heavy atom. The van der Waals surface area contributed by atoms with Gasteiger partial charge in [0.15, 0.2) is 17.3 Å². The Balaban J connectivity index is 1.92. The summed E-state index contributed by atoms with van der Waals surface area (Å²) in [5, 5.41) is 69.2. The quantitative estimate of drug-likeness (QED) is 0.276. The van der Waals surface area contributed by atoms with Crippen molar-refractivity contribution in [1.82, 2.24) is 0 Å². The third kappa shape index (κ3) is 3.56. The van der Waals surface area contributed by atoms with Gasteiger partial charge in [0.2, 0.25) is 17.5 Å². The van der Waals surface area contributed by atoms with E-state index in [2.05, 4.69) is 0 Å². The molecule has 2 aromatic carbocycles. The van der Waals surface area contributed by atoms with E-state index in [-0.39, 0.29) is 28.0 Å². The molecule has 5 atom stereocenters. The lowest BCUT2D eigenvalue weighted by Gasteiger charge is -2.38. The van der Waals surface area contributed by atoms with Crippen molar-refractivity contribution in [3.05, 3.63) is 40.6 Å². The molecule has 11 heteroatoms. The van der Waals surface area contributed by atoms with Crippen molar-refractivity contribution in [3.8, 4) is 40.1 Å². The Bertz CT molecular complexity index is 1230. The average molecular weight is 448 g/mol. The largest absolute Gasteiger partial charge is 0.508 e. The second-order valence-corrected chi connectivity index (χ2v) is 7.43. The molecular formula is C21H20O11. The predicted octanol–water partition coefficient (Wildman–Crippen LogP) is 0.489. The van der Waals surface area contributed by atoms with Crippen LogP contribution in [0.25, 0.3) is 22.3 Å². The van der Waals surface area contributed by atoms with Gasteiger partial charge in [-0.2, -0.15) is 0 Å². The number of phenolic OH excluding ortho intramolecular Hbond substituents is 4. The maximum Gasteiger partial charge on any atom is 0.239 e. The molecule has 11 nitrogen and oxygen atoms in total. The molecule has 1 saturated heterocycles. The third-order valence-corrected chi connectivity index (χ3v) is 5.20. The summed E-state index contributed by atoms with van der Waals surface area (Å²) in [6.45, 7) is 1.42. The number of rotatable bonds is 3. The van der Waals surface area contributed by atoms with Crippen molar-refractivity contribution in [1.29, 1.82) is 0 Å². The second-order valence-electron chi connectivity index (χ2n) is 7.43. The van der Waals surface area contributed by atoms with Crippen molar-refractivity contribution in [2.75, 3.05) is 0 Å². The van der Waals surface area contributed by atoms with Gasteiger partial charge in [0.25, 0.3) is 0 Å². The van der Waals surface area contributed by atoms with Crippen LogP contribution in [0.4, 0.5) is 0 Å². The topological polar surface area (TPSA) is 190 Å². The van der Waals surface area contributed by atoms with Crippen LogP contribution >= 0.6 is 0 Å². The maximum absolute atomic E-state index is 13.2. The van der Waals surface area contributed by atoms with E-state index in [4.69, 9.17) is 13.9 Å². The van der Waals surface area contributed by atoms with E-state index in [0.29, 0.717) is 0 Å². The molecule has 1 unspecified atom stereocenters. The Hall–Kier alpha value is -3.51. The number of hydrogen-bond donors (Lipinski definition) is 7. The Labute approximate surface area is 179 Å². The Kier molecular flexibility index (Phi) is 5.34. The molecule has 32 heavy (non-hydrogen) atoms. The molecule has 0 bridgehead atoms. The van der Waals surface area contributed by atoms with Gasteiger partial charge < -0.3 is 49.6 Å². The first-order chi connectivity index (χ1) is 15.1. The highest BCUT2D eigenvalue weighted by molar-refractivity contribution is 5.88. The standard InChI is InChI=1S/C21H20O11/c1-7-15(26)17(28)18(29)21(30-7)32-20-16(27)14-12(25)5-9(22)6-13(14)31-19(20)8-2-3-10(23)11(24)4-8/h2-7,15,17-18,21-26,28-29H,1H3/t7-,15-,17+,18-,21?/m1/s1. The number of fused-ring (bicyclic) bond motifs is 1. The molecule has 1 aliphatic heterocycles. The molecule has 0 amide bonds. The molecule has 170 valence electrons. The molecule has 0 aliphatic carbocycles. The zero-order valence-corrected chi connectivity index (χ0v) is 16.5. The summed E-state index contributed by atoms with van der Waals surface area (Å²) >= 11 is 0. The first-order valence-corrected chi connectivity index (χ1v) is 9.50. The lowest BCUT2D eigenvalue weighted by atomic mass is 10.00. The minimum Gasteiger partial charge on any atom is -0.508 e. The fraction of sp³-hybridized carbons (Fsp3) is 0.286. The number of aliphatic hydroxyl groups excluding tert-OH is 3. The van der Waals surface area contributed by atoms with Gasteiger partial charge in [-0.25, -0.2) is 0 Å². The fourth-order valence-electron chi connectivity index (χ4n) is 3.46. The molecule has 3 aromatic rings. The minimum absolute atomic E-state index is 0.0658. The van der Waals surface area contributed by atoms with Gasteiger partial charge in [0.05, 0.1) is 6.10 Å². The first kappa shape index (κ1) is 21.7. The third-order valence-electron chi connectivity index (χ3n) is 5.20. The van der Waals surface area contributed by atoms with E-state index in [1.807, 2.05) is 0 Å². The van der Waals surface area contributed by atoms with Gasteiger partial charge in [0.1, 0.15) is 40.8 Å². The lowest BCUT2D eigenvalue weighted by molar-refractivity contribution is -0.268. The van der Waals surface area contributed by atoms with E-state index >= 15 is 0 Å². The van der Waals surface area contributed by atoms with E-state index in [1.165, 1.54) is 13.0 Å². The van der Waals surface area contributed by atoms with Crippen LogP contribution in [-0.4, -0.2) is 66.5 Å². The SMILES string of the molecule is C[C@H]1OC(Oc2c(-c3ccc(O)c(O)c3)oc3cc(O)cc(O)c3c2=O)[C@H](O)[C@@H](O)[C@@H]1O. The number of phenols is 4. The summed E-state index contributed by atoms with van der Waals surface area (Å²) in [5.41, 5.74) is -1.05. The van der Waals surface area contributed by atoms with Gasteiger partial charge in [0, 0.05) is 17.7 Å². The number of ether oxygens (including phenoxy) is 2. The summed E-state index contributed by atoms with van der Waals surface area (Å²) in [5.74, 6) is -2.80. The predicted molar refractivity (Wildman–Crippen MR) is 108 cm³/mol. The van der Waals surface area contributed by atoms with Crippen LogP contribution in [0.5, 0.6) is 28.7 Å². The molecular weight excluding hydrogens is 428 g/mol. The Morgan fingerprint density at radius 1 is 0.875 bits per heavy atom. The van der Waals surface area contributed by atoms with E-state index < -0.39 is 59.1 Å². The number of aliphatic hydroxyl groups is 3. The minimum atomic E-state index is -1.74. The smallest absolute Gasteiger partial charge is 0.239 e. The zero-order chi connectivity index (χ0) is 23.3. The average Bonchev–Trinajstić information content (AvgIpc) is 2.73. The molecule has 2 heterocycles. The molecule has 1 aromatic heterocycles. The van der Waals surface area contributed by atoms with Crippen molar-refractivity contribution in [2.24, 2.45) is 0 Å². The normalized spacial score (nSPS) is 25.7. The van der Waals surface area contributed by atoms with Crippen LogP contribution in [-0.2, 0) is 4.74 Å². The highest BCUT2D eigenvalue weighted by atomic mass is 16.7. The van der Waals surface area contributed by atoms with Crippen molar-refractivity contribution >= 4 is 11.0 Å². The van der Waals surface area contributed by atoms with Crippen LogP contribution < -0.4 is 10.2 Å². The summed E-state index contributed by atoms with van der Waals surface area (Å²) in [6.07, 6.45) is -7.35. The molecule has 0 saturated carbocycles. The number of benzene rings is 2. The van der Waals surface area contributed by atoms with E-state index in [1.54, 1.807) is 0 Å². The highest BCUT2D eigenvalue weighted by Crippen LogP contribution is 2.39. The van der Waals surface area contributed by atoms with Gasteiger partial charge in [-0.05, 0) is 25.1 Å². The summed E-state index contributed by atoms with van der Waals surface area (Å²) in [7, 11) is 0. The van der Waals surface area contributed by atoms with Gasteiger partial charge in [-0.15, -0.1) is 0 Å². The number of hydrogen-bond acceptors (Lipinski definition) is 11. The van der Waals surface area contributed by atoms with Crippen molar-refractivity contribution < 1.29 is 49.6 Å². The van der Waals surface area contributed by atoms with E-state index in [9.17, 15) is 40.5 Å². The maximum atomic E-state index is 13.2. The molecule has 7 N–H and O–H groups in total. The molecule has 4 rings (SSSR count). The highest BCUT2D eigenvalue weighted by Gasteiger charge is 2.44. The summed E-state index contributed by atoms with van der Waals surface area (Å²) < 4.78 is 16.6. The van der Waals surface area contributed by atoms with Crippen molar-refractivity contribution in [2.45, 2.75) is 37.6 Å². The Morgan fingerprint density at radius 3 is 2.28 bits per heavy atom. The summed E-state index contributed by atoms with van der Waals surface area (Å²) in [4.78, 5) is 13.2. The molecule has 0 radical (unpaired) electrons. The van der Waals surface area contributed by atoms with Crippen LogP contribution in [0.3, 0.4) is 0 Å². The van der Waals surface area contributed by atoms with Crippen LogP contribution in [0.1, 0.15) is 6.92 Å². The van der Waals surface area contributed by atoms with Gasteiger partial charge in [-0.3, -0.25) is 4.79 Å². The first-order valence-electron chi connectivity index (χ1n) is 9.50. The van der Waals surface area contributed by atoms with Crippen molar-refractivity contribution in [3.63, 3.8) is 0 Å². The zero-order valence-electron chi connectivity index (χ0n) is 16.5. The van der Waals surface area contributed by atoms with Crippen LogP contribution in [0.2, 0.25) is 0 Å². The summed E-state index contributed by atoms with van der Waals surface area (Å²) in [6, 6.07) is 5.51. The monoisotopic (exact) mass is 448 g/mol. The van der Waals surface area contributed by atoms with E-state index in [0.717, 1.165) is 24.3 Å². The second kappa shape index (κ2) is 7.88.